The Morgan fingerprint density at radius 1 is 1.24 bits per heavy atom. The largest absolute Gasteiger partial charge is 0.350 e. The first-order valence-corrected chi connectivity index (χ1v) is 8.61. The van der Waals surface area contributed by atoms with Gasteiger partial charge in [-0.3, -0.25) is 9.10 Å². The van der Waals surface area contributed by atoms with Gasteiger partial charge in [0.05, 0.1) is 11.9 Å². The van der Waals surface area contributed by atoms with Crippen molar-refractivity contribution < 1.29 is 13.2 Å². The highest BCUT2D eigenvalue weighted by Crippen LogP contribution is 2.23. The van der Waals surface area contributed by atoms with Crippen LogP contribution in [-0.2, 0) is 14.8 Å². The van der Waals surface area contributed by atoms with Crippen molar-refractivity contribution in [3.05, 3.63) is 29.3 Å². The molecular formula is C15H24N2O3S. The van der Waals surface area contributed by atoms with Gasteiger partial charge in [0.1, 0.15) is 6.54 Å². The maximum atomic E-state index is 12.1. The van der Waals surface area contributed by atoms with Crippen LogP contribution in [0.4, 0.5) is 5.69 Å². The molecule has 1 N–H and O–H groups in total. The summed E-state index contributed by atoms with van der Waals surface area (Å²) in [7, 11) is -3.54. The van der Waals surface area contributed by atoms with E-state index >= 15 is 0 Å². The molecule has 1 aromatic carbocycles. The van der Waals surface area contributed by atoms with Crippen molar-refractivity contribution in [2.75, 3.05) is 17.1 Å². The lowest BCUT2D eigenvalue weighted by Gasteiger charge is -2.27. The van der Waals surface area contributed by atoms with Crippen LogP contribution in [-0.4, -0.2) is 32.7 Å². The van der Waals surface area contributed by atoms with Crippen LogP contribution in [0.3, 0.4) is 0 Å². The van der Waals surface area contributed by atoms with Gasteiger partial charge in [-0.1, -0.05) is 12.1 Å². The van der Waals surface area contributed by atoms with Gasteiger partial charge in [-0.2, -0.15) is 0 Å². The van der Waals surface area contributed by atoms with E-state index in [2.05, 4.69) is 5.32 Å². The van der Waals surface area contributed by atoms with Crippen molar-refractivity contribution in [2.24, 2.45) is 0 Å². The van der Waals surface area contributed by atoms with Gasteiger partial charge in [0, 0.05) is 5.54 Å². The average molecular weight is 312 g/mol. The minimum atomic E-state index is -3.54. The first kappa shape index (κ1) is 17.5. The van der Waals surface area contributed by atoms with E-state index < -0.39 is 15.6 Å². The number of benzene rings is 1. The van der Waals surface area contributed by atoms with Crippen molar-refractivity contribution >= 4 is 21.6 Å². The van der Waals surface area contributed by atoms with E-state index in [1.165, 1.54) is 0 Å². The summed E-state index contributed by atoms with van der Waals surface area (Å²) in [6.45, 7) is 9.06. The van der Waals surface area contributed by atoms with Gasteiger partial charge >= 0.3 is 0 Å². The van der Waals surface area contributed by atoms with E-state index in [1.54, 1.807) is 6.07 Å². The maximum Gasteiger partial charge on any atom is 0.241 e. The number of nitrogens with zero attached hydrogens (tertiary/aromatic N) is 1. The molecule has 1 aromatic rings. The van der Waals surface area contributed by atoms with Crippen LogP contribution in [0.15, 0.2) is 18.2 Å². The van der Waals surface area contributed by atoms with E-state index in [4.69, 9.17) is 0 Å². The molecule has 0 aromatic heterocycles. The smallest absolute Gasteiger partial charge is 0.241 e. The lowest BCUT2D eigenvalue weighted by atomic mass is 10.1. The van der Waals surface area contributed by atoms with Crippen molar-refractivity contribution in [1.29, 1.82) is 0 Å². The molecule has 21 heavy (non-hydrogen) atoms. The molecular weight excluding hydrogens is 288 g/mol. The first-order valence-electron chi connectivity index (χ1n) is 6.76. The summed E-state index contributed by atoms with van der Waals surface area (Å²) in [5.41, 5.74) is 1.90. The fourth-order valence-corrected chi connectivity index (χ4v) is 2.86. The van der Waals surface area contributed by atoms with Crippen LogP contribution < -0.4 is 9.62 Å². The lowest BCUT2D eigenvalue weighted by molar-refractivity contribution is -0.121. The third-order valence-corrected chi connectivity index (χ3v) is 3.96. The van der Waals surface area contributed by atoms with E-state index in [0.29, 0.717) is 5.69 Å². The molecule has 0 aliphatic rings. The molecule has 0 saturated heterocycles. The number of hydrogen-bond acceptors (Lipinski definition) is 3. The third-order valence-electron chi connectivity index (χ3n) is 2.84. The predicted octanol–water partition coefficient (Wildman–Crippen LogP) is 1.98. The van der Waals surface area contributed by atoms with Gasteiger partial charge in [0.15, 0.2) is 0 Å². The highest BCUT2D eigenvalue weighted by Gasteiger charge is 2.24. The van der Waals surface area contributed by atoms with Crippen LogP contribution in [0.25, 0.3) is 0 Å². The van der Waals surface area contributed by atoms with Crippen LogP contribution in [0.2, 0.25) is 0 Å². The van der Waals surface area contributed by atoms with Crippen molar-refractivity contribution in [3.8, 4) is 0 Å². The third kappa shape index (κ3) is 5.38. The van der Waals surface area contributed by atoms with Crippen LogP contribution in [0.1, 0.15) is 31.9 Å². The molecule has 0 fully saturated rings. The van der Waals surface area contributed by atoms with Crippen molar-refractivity contribution in [3.63, 3.8) is 0 Å². The molecule has 118 valence electrons. The zero-order valence-corrected chi connectivity index (χ0v) is 14.3. The quantitative estimate of drug-likeness (QED) is 0.924. The fraction of sp³-hybridized carbons (Fsp3) is 0.533. The summed E-state index contributed by atoms with van der Waals surface area (Å²) >= 11 is 0. The second-order valence-corrected chi connectivity index (χ2v) is 8.26. The highest BCUT2D eigenvalue weighted by atomic mass is 32.2. The Kier molecular flexibility index (Phi) is 5.04. The summed E-state index contributed by atoms with van der Waals surface area (Å²) in [4.78, 5) is 12.1. The number of sulfonamides is 1. The van der Waals surface area contributed by atoms with Crippen LogP contribution in [0, 0.1) is 13.8 Å². The number of aryl methyl sites for hydroxylation is 2. The second-order valence-electron chi connectivity index (χ2n) is 6.36. The Labute approximate surface area is 127 Å². The summed E-state index contributed by atoms with van der Waals surface area (Å²) in [5.74, 6) is -0.325. The molecule has 0 spiro atoms. The summed E-state index contributed by atoms with van der Waals surface area (Å²) in [6, 6.07) is 5.54. The molecule has 5 nitrogen and oxygen atoms in total. The van der Waals surface area contributed by atoms with Crippen molar-refractivity contribution in [2.45, 2.75) is 40.2 Å². The summed E-state index contributed by atoms with van der Waals surface area (Å²) in [5, 5.41) is 2.78. The summed E-state index contributed by atoms with van der Waals surface area (Å²) in [6.07, 6.45) is 1.11. The second kappa shape index (κ2) is 6.05. The highest BCUT2D eigenvalue weighted by molar-refractivity contribution is 7.92. The molecule has 0 heterocycles. The lowest BCUT2D eigenvalue weighted by Crippen LogP contribution is -2.47. The number of carbonyl (C=O) groups excluding carboxylic acids is 1. The Balaban J connectivity index is 3.14. The number of rotatable bonds is 4. The van der Waals surface area contributed by atoms with E-state index in [-0.39, 0.29) is 12.5 Å². The molecule has 0 bridgehead atoms. The zero-order chi connectivity index (χ0) is 16.4. The summed E-state index contributed by atoms with van der Waals surface area (Å²) < 4.78 is 25.2. The van der Waals surface area contributed by atoms with E-state index in [0.717, 1.165) is 21.7 Å². The van der Waals surface area contributed by atoms with Gasteiger partial charge < -0.3 is 5.32 Å². The Morgan fingerprint density at radius 2 is 1.81 bits per heavy atom. The SMILES string of the molecule is Cc1ccc(C)c(N(CC(=O)NC(C)(C)C)S(C)(=O)=O)c1. The van der Waals surface area contributed by atoms with Crippen LogP contribution in [0.5, 0.6) is 0 Å². The first-order chi connectivity index (χ1) is 9.40. The molecule has 0 unspecified atom stereocenters. The van der Waals surface area contributed by atoms with Crippen molar-refractivity contribution in [1.82, 2.24) is 5.32 Å². The Morgan fingerprint density at radius 3 is 2.29 bits per heavy atom. The minimum Gasteiger partial charge on any atom is -0.350 e. The van der Waals surface area contributed by atoms with Gasteiger partial charge in [-0.25, -0.2) is 8.42 Å². The minimum absolute atomic E-state index is 0.222. The predicted molar refractivity (Wildman–Crippen MR) is 86.0 cm³/mol. The van der Waals surface area contributed by atoms with E-state index in [1.807, 2.05) is 46.8 Å². The van der Waals surface area contributed by atoms with E-state index in [9.17, 15) is 13.2 Å². The average Bonchev–Trinajstić information content (AvgIpc) is 2.26. The number of hydrogen-bond donors (Lipinski definition) is 1. The molecule has 0 radical (unpaired) electrons. The number of carbonyl (C=O) groups is 1. The van der Waals surface area contributed by atoms with Gasteiger partial charge in [-0.05, 0) is 51.8 Å². The molecule has 1 amide bonds. The number of anilines is 1. The number of amides is 1. The van der Waals surface area contributed by atoms with Gasteiger partial charge in [-0.15, -0.1) is 0 Å². The normalized spacial score (nSPS) is 12.1. The topological polar surface area (TPSA) is 66.5 Å². The standard InChI is InChI=1S/C15H24N2O3S/c1-11-7-8-12(2)13(9-11)17(21(6,19)20)10-14(18)16-15(3,4)5/h7-9H,10H2,1-6H3,(H,16,18). The maximum absolute atomic E-state index is 12.1. The fourth-order valence-electron chi connectivity index (χ4n) is 1.96. The molecule has 1 rings (SSSR count). The van der Waals surface area contributed by atoms with Gasteiger partial charge in [0.25, 0.3) is 0 Å². The number of nitrogens with one attached hydrogen (secondary N) is 1. The molecule has 0 aliphatic carbocycles. The molecule has 0 atom stereocenters. The zero-order valence-electron chi connectivity index (χ0n) is 13.5. The molecule has 6 heteroatoms. The Hall–Kier alpha value is -1.56. The molecule has 0 saturated carbocycles. The molecule has 0 aliphatic heterocycles. The monoisotopic (exact) mass is 312 g/mol. The van der Waals surface area contributed by atoms with Crippen LogP contribution >= 0.6 is 0 Å². The van der Waals surface area contributed by atoms with Gasteiger partial charge in [0.2, 0.25) is 15.9 Å². The Bertz CT molecular complexity index is 631.